The summed E-state index contributed by atoms with van der Waals surface area (Å²) in [6.45, 7) is 1.64. The molecule has 2 fully saturated rings. The molecule has 2 atom stereocenters. The van der Waals surface area contributed by atoms with Crippen molar-refractivity contribution in [3.8, 4) is 0 Å². The van der Waals surface area contributed by atoms with Crippen molar-refractivity contribution in [3.63, 3.8) is 0 Å². The molecule has 15 heavy (non-hydrogen) atoms. The minimum atomic E-state index is 0.144. The first-order chi connectivity index (χ1) is 7.24. The van der Waals surface area contributed by atoms with Crippen LogP contribution in [0.15, 0.2) is 0 Å². The van der Waals surface area contributed by atoms with E-state index < -0.39 is 0 Å². The third-order valence-electron chi connectivity index (χ3n) is 4.15. The number of rotatable bonds is 1. The van der Waals surface area contributed by atoms with Crippen molar-refractivity contribution in [3.05, 3.63) is 0 Å². The Morgan fingerprint density at radius 3 is 2.13 bits per heavy atom. The molecule has 0 heterocycles. The third kappa shape index (κ3) is 3.22. The third-order valence-corrected chi connectivity index (χ3v) is 4.15. The summed E-state index contributed by atoms with van der Waals surface area (Å²) in [5.74, 6) is 2.06. The van der Waals surface area contributed by atoms with E-state index in [9.17, 15) is 4.79 Å². The Kier molecular flexibility index (Phi) is 3.66. The van der Waals surface area contributed by atoms with Crippen LogP contribution < -0.4 is 5.32 Å². The Bertz CT molecular complexity index is 213. The summed E-state index contributed by atoms with van der Waals surface area (Å²) in [5, 5.41) is 3.10. The molecule has 1 amide bonds. The fourth-order valence-corrected chi connectivity index (χ4v) is 3.38. The van der Waals surface area contributed by atoms with Crippen LogP contribution in [0.3, 0.4) is 0 Å². The van der Waals surface area contributed by atoms with Gasteiger partial charge < -0.3 is 5.32 Å². The molecule has 2 nitrogen and oxygen atoms in total. The number of carbonyl (C=O) groups is 1. The molecule has 2 aliphatic rings. The summed E-state index contributed by atoms with van der Waals surface area (Å²) in [7, 11) is 0. The molecule has 0 aromatic heterocycles. The van der Waals surface area contributed by atoms with Gasteiger partial charge in [0.05, 0.1) is 0 Å². The Balaban J connectivity index is 1.87. The quantitative estimate of drug-likeness (QED) is 0.707. The zero-order valence-corrected chi connectivity index (χ0v) is 9.80. The fourth-order valence-electron chi connectivity index (χ4n) is 3.38. The van der Waals surface area contributed by atoms with Gasteiger partial charge in [0.1, 0.15) is 0 Å². The molecule has 0 radical (unpaired) electrons. The molecule has 2 aliphatic carbocycles. The normalized spacial score (nSPS) is 36.5. The van der Waals surface area contributed by atoms with Crippen LogP contribution in [0.25, 0.3) is 0 Å². The van der Waals surface area contributed by atoms with Crippen LogP contribution in [-0.4, -0.2) is 11.9 Å². The van der Waals surface area contributed by atoms with E-state index in [2.05, 4.69) is 5.32 Å². The Labute approximate surface area is 92.8 Å². The van der Waals surface area contributed by atoms with E-state index in [4.69, 9.17) is 0 Å². The highest BCUT2D eigenvalue weighted by atomic mass is 16.1. The van der Waals surface area contributed by atoms with Crippen LogP contribution in [0.4, 0.5) is 0 Å². The van der Waals surface area contributed by atoms with Gasteiger partial charge >= 0.3 is 0 Å². The molecule has 2 rings (SSSR count). The lowest BCUT2D eigenvalue weighted by atomic mass is 9.74. The molecule has 2 heteroatoms. The molecule has 86 valence electrons. The van der Waals surface area contributed by atoms with Crippen LogP contribution in [0.2, 0.25) is 0 Å². The second kappa shape index (κ2) is 5.00. The zero-order valence-electron chi connectivity index (χ0n) is 9.80. The summed E-state index contributed by atoms with van der Waals surface area (Å²) in [6, 6.07) is 0.464. The fraction of sp³-hybridized carbons (Fsp3) is 0.923. The van der Waals surface area contributed by atoms with Crippen molar-refractivity contribution in [2.24, 2.45) is 11.8 Å². The molecule has 2 saturated carbocycles. The summed E-state index contributed by atoms with van der Waals surface area (Å²) in [5.41, 5.74) is 0. The van der Waals surface area contributed by atoms with Gasteiger partial charge in [-0.15, -0.1) is 0 Å². The highest BCUT2D eigenvalue weighted by Crippen LogP contribution is 2.37. The average molecular weight is 209 g/mol. The first kappa shape index (κ1) is 11.0. The summed E-state index contributed by atoms with van der Waals surface area (Å²) in [4.78, 5) is 11.0. The molecule has 0 saturated heterocycles. The first-order valence-electron chi connectivity index (χ1n) is 6.51. The van der Waals surface area contributed by atoms with Crippen molar-refractivity contribution < 1.29 is 4.79 Å². The Morgan fingerprint density at radius 1 is 1.00 bits per heavy atom. The molecule has 2 unspecified atom stereocenters. The van der Waals surface area contributed by atoms with Gasteiger partial charge in [-0.25, -0.2) is 0 Å². The van der Waals surface area contributed by atoms with Crippen LogP contribution in [0.5, 0.6) is 0 Å². The lowest BCUT2D eigenvalue weighted by Crippen LogP contribution is -2.35. The van der Waals surface area contributed by atoms with Crippen molar-refractivity contribution in [1.82, 2.24) is 5.32 Å². The zero-order chi connectivity index (χ0) is 10.7. The van der Waals surface area contributed by atoms with Crippen LogP contribution in [0.1, 0.15) is 58.3 Å². The second-order valence-corrected chi connectivity index (χ2v) is 5.45. The minimum Gasteiger partial charge on any atom is -0.354 e. The minimum absolute atomic E-state index is 0.144. The number of amides is 1. The highest BCUT2D eigenvalue weighted by Gasteiger charge is 2.26. The maximum absolute atomic E-state index is 11.0. The molecule has 0 aromatic rings. The Morgan fingerprint density at radius 2 is 1.60 bits per heavy atom. The number of carbonyl (C=O) groups excluding carboxylic acids is 1. The maximum atomic E-state index is 11.0. The van der Waals surface area contributed by atoms with Gasteiger partial charge in [-0.3, -0.25) is 4.79 Å². The number of nitrogens with one attached hydrogen (secondary N) is 1. The van der Waals surface area contributed by atoms with Crippen molar-refractivity contribution >= 4 is 5.91 Å². The van der Waals surface area contributed by atoms with Gasteiger partial charge in [0.2, 0.25) is 5.91 Å². The van der Waals surface area contributed by atoms with Gasteiger partial charge in [-0.2, -0.15) is 0 Å². The summed E-state index contributed by atoms with van der Waals surface area (Å²) in [6.07, 6.45) is 10.9. The molecule has 2 bridgehead atoms. The van der Waals surface area contributed by atoms with Crippen molar-refractivity contribution in [1.29, 1.82) is 0 Å². The lowest BCUT2D eigenvalue weighted by Gasteiger charge is -2.34. The van der Waals surface area contributed by atoms with Gasteiger partial charge in [0.25, 0.3) is 0 Å². The van der Waals surface area contributed by atoms with E-state index in [0.29, 0.717) is 6.04 Å². The Hall–Kier alpha value is -0.530. The topological polar surface area (TPSA) is 29.1 Å². The second-order valence-electron chi connectivity index (χ2n) is 5.45. The highest BCUT2D eigenvalue weighted by molar-refractivity contribution is 5.73. The van der Waals surface area contributed by atoms with Gasteiger partial charge in [-0.1, -0.05) is 19.3 Å². The van der Waals surface area contributed by atoms with Crippen molar-refractivity contribution in [2.45, 2.75) is 64.3 Å². The van der Waals surface area contributed by atoms with Gasteiger partial charge in [0, 0.05) is 13.0 Å². The molecule has 0 aliphatic heterocycles. The predicted octanol–water partition coefficient (Wildman–Crippen LogP) is 2.87. The SMILES string of the molecule is CC(=O)NC1CCC2CCCC(CC1)C2. The molecule has 1 N–H and O–H groups in total. The van der Waals surface area contributed by atoms with E-state index in [-0.39, 0.29) is 5.91 Å². The van der Waals surface area contributed by atoms with Crippen LogP contribution in [-0.2, 0) is 4.79 Å². The smallest absolute Gasteiger partial charge is 0.217 e. The standard InChI is InChI=1S/C13H23NO/c1-10(15)14-13-7-5-11-3-2-4-12(9-11)6-8-13/h11-13H,2-9H2,1H3,(H,14,15). The summed E-state index contributed by atoms with van der Waals surface area (Å²) < 4.78 is 0. The van der Waals surface area contributed by atoms with E-state index in [1.165, 1.54) is 51.4 Å². The molecule has 0 aromatic carbocycles. The van der Waals surface area contributed by atoms with Gasteiger partial charge in [0.15, 0.2) is 0 Å². The monoisotopic (exact) mass is 209 g/mol. The number of hydrogen-bond acceptors (Lipinski definition) is 1. The average Bonchev–Trinajstić information content (AvgIpc) is 2.21. The van der Waals surface area contributed by atoms with Crippen LogP contribution in [0, 0.1) is 11.8 Å². The predicted molar refractivity (Wildman–Crippen MR) is 61.5 cm³/mol. The summed E-state index contributed by atoms with van der Waals surface area (Å²) >= 11 is 0. The molecular weight excluding hydrogens is 186 g/mol. The van der Waals surface area contributed by atoms with Gasteiger partial charge in [-0.05, 0) is 43.9 Å². The van der Waals surface area contributed by atoms with Crippen molar-refractivity contribution in [2.75, 3.05) is 0 Å². The maximum Gasteiger partial charge on any atom is 0.217 e. The van der Waals surface area contributed by atoms with Crippen LogP contribution >= 0.6 is 0 Å². The van der Waals surface area contributed by atoms with E-state index in [1.54, 1.807) is 6.92 Å². The first-order valence-corrected chi connectivity index (χ1v) is 6.51. The van der Waals surface area contributed by atoms with E-state index in [0.717, 1.165) is 11.8 Å². The number of hydrogen-bond donors (Lipinski definition) is 1. The van der Waals surface area contributed by atoms with E-state index >= 15 is 0 Å². The molecular formula is C13H23NO. The lowest BCUT2D eigenvalue weighted by molar-refractivity contribution is -0.119. The largest absolute Gasteiger partial charge is 0.354 e. The number of fused-ring (bicyclic) bond motifs is 2. The van der Waals surface area contributed by atoms with E-state index in [1.807, 2.05) is 0 Å². The molecule has 0 spiro atoms.